The van der Waals surface area contributed by atoms with Crippen LogP contribution in [0.25, 0.3) is 0 Å². The molecule has 1 aliphatic carbocycles. The van der Waals surface area contributed by atoms with Crippen molar-refractivity contribution in [3.63, 3.8) is 0 Å². The van der Waals surface area contributed by atoms with Crippen molar-refractivity contribution in [3.05, 3.63) is 17.7 Å². The largest absolute Gasteiger partial charge is 0.396 e. The molecule has 1 aromatic rings. The van der Waals surface area contributed by atoms with Gasteiger partial charge in [0.05, 0.1) is 11.9 Å². The van der Waals surface area contributed by atoms with E-state index >= 15 is 0 Å². The summed E-state index contributed by atoms with van der Waals surface area (Å²) in [7, 11) is 0. The van der Waals surface area contributed by atoms with Gasteiger partial charge in [-0.15, -0.1) is 0 Å². The summed E-state index contributed by atoms with van der Waals surface area (Å²) in [6.07, 6.45) is 3.85. The van der Waals surface area contributed by atoms with Crippen LogP contribution < -0.4 is 11.1 Å². The lowest BCUT2D eigenvalue weighted by molar-refractivity contribution is 0.0941. The smallest absolute Gasteiger partial charge is 0.272 e. The van der Waals surface area contributed by atoms with Gasteiger partial charge in [-0.2, -0.15) is 0 Å². The molecule has 1 saturated carbocycles. The predicted octanol–water partition coefficient (Wildman–Crippen LogP) is 1.71. The van der Waals surface area contributed by atoms with Gasteiger partial charge in [-0.25, -0.2) is 9.97 Å². The summed E-state index contributed by atoms with van der Waals surface area (Å²) in [5.41, 5.74) is 6.66. The highest BCUT2D eigenvalue weighted by molar-refractivity contribution is 5.96. The average molecular weight is 248 g/mol. The number of rotatable bonds is 4. The van der Waals surface area contributed by atoms with Gasteiger partial charge in [0.1, 0.15) is 5.82 Å². The molecule has 1 fully saturated rings. The summed E-state index contributed by atoms with van der Waals surface area (Å²) in [6, 6.07) is 0. The Kier molecular flexibility index (Phi) is 3.24. The Hall–Kier alpha value is -1.65. The van der Waals surface area contributed by atoms with E-state index in [0.717, 1.165) is 0 Å². The topological polar surface area (TPSA) is 80.9 Å². The van der Waals surface area contributed by atoms with Crippen molar-refractivity contribution < 1.29 is 4.79 Å². The number of nitrogens with two attached hydrogens (primary N) is 1. The van der Waals surface area contributed by atoms with Gasteiger partial charge < -0.3 is 11.1 Å². The SMILES string of the molecule is CC(C)c1ncc(N)c(C(=O)NCC2(C)CC2)n1. The third-order valence-corrected chi connectivity index (χ3v) is 3.35. The highest BCUT2D eigenvalue weighted by Crippen LogP contribution is 2.44. The summed E-state index contributed by atoms with van der Waals surface area (Å²) in [6.45, 7) is 6.82. The number of amides is 1. The quantitative estimate of drug-likeness (QED) is 0.850. The third kappa shape index (κ3) is 2.78. The standard InChI is InChI=1S/C13H20N4O/c1-8(2)11-15-6-9(14)10(17-11)12(18)16-7-13(3)4-5-13/h6,8H,4-5,7,14H2,1-3H3,(H,16,18). The number of hydrogen-bond acceptors (Lipinski definition) is 4. The molecule has 0 saturated heterocycles. The second-order valence-corrected chi connectivity index (χ2v) is 5.68. The fourth-order valence-electron chi connectivity index (χ4n) is 1.63. The average Bonchev–Trinajstić information content (AvgIpc) is 3.05. The first-order valence-corrected chi connectivity index (χ1v) is 6.32. The van der Waals surface area contributed by atoms with Crippen LogP contribution in [0.5, 0.6) is 0 Å². The highest BCUT2D eigenvalue weighted by Gasteiger charge is 2.37. The summed E-state index contributed by atoms with van der Waals surface area (Å²) >= 11 is 0. The van der Waals surface area contributed by atoms with Gasteiger partial charge in [-0.3, -0.25) is 4.79 Å². The van der Waals surface area contributed by atoms with Crippen LogP contribution in [0.2, 0.25) is 0 Å². The molecule has 0 radical (unpaired) electrons. The molecule has 18 heavy (non-hydrogen) atoms. The molecule has 1 aromatic heterocycles. The van der Waals surface area contributed by atoms with E-state index in [-0.39, 0.29) is 22.9 Å². The van der Waals surface area contributed by atoms with Crippen molar-refractivity contribution in [2.75, 3.05) is 12.3 Å². The Bertz CT molecular complexity index is 466. The lowest BCUT2D eigenvalue weighted by atomic mass is 10.1. The molecular weight excluding hydrogens is 228 g/mol. The molecule has 0 bridgehead atoms. The van der Waals surface area contributed by atoms with E-state index in [9.17, 15) is 4.79 Å². The summed E-state index contributed by atoms with van der Waals surface area (Å²) in [5.74, 6) is 0.620. The molecule has 0 spiro atoms. The van der Waals surface area contributed by atoms with E-state index in [0.29, 0.717) is 18.1 Å². The number of nitrogens with one attached hydrogen (secondary N) is 1. The molecule has 3 N–H and O–H groups in total. The van der Waals surface area contributed by atoms with Gasteiger partial charge in [-0.1, -0.05) is 20.8 Å². The number of anilines is 1. The normalized spacial score (nSPS) is 16.7. The molecule has 0 aromatic carbocycles. The molecule has 0 atom stereocenters. The molecule has 2 rings (SSSR count). The second-order valence-electron chi connectivity index (χ2n) is 5.68. The number of carbonyl (C=O) groups is 1. The maximum atomic E-state index is 12.0. The molecule has 5 heteroatoms. The minimum absolute atomic E-state index is 0.179. The van der Waals surface area contributed by atoms with E-state index in [1.165, 1.54) is 19.0 Å². The van der Waals surface area contributed by atoms with Gasteiger partial charge in [0.2, 0.25) is 0 Å². The van der Waals surface area contributed by atoms with E-state index in [4.69, 9.17) is 5.73 Å². The Morgan fingerprint density at radius 2 is 2.22 bits per heavy atom. The number of carbonyl (C=O) groups excluding carboxylic acids is 1. The van der Waals surface area contributed by atoms with Crippen LogP contribution in [0.3, 0.4) is 0 Å². The number of nitrogens with zero attached hydrogens (tertiary/aromatic N) is 2. The van der Waals surface area contributed by atoms with Gasteiger partial charge >= 0.3 is 0 Å². The lowest BCUT2D eigenvalue weighted by Gasteiger charge is -2.12. The molecule has 5 nitrogen and oxygen atoms in total. The summed E-state index contributed by atoms with van der Waals surface area (Å²) < 4.78 is 0. The number of nitrogen functional groups attached to an aromatic ring is 1. The third-order valence-electron chi connectivity index (χ3n) is 3.35. The molecule has 98 valence electrons. The first kappa shape index (κ1) is 12.8. The van der Waals surface area contributed by atoms with Gasteiger partial charge in [0.25, 0.3) is 5.91 Å². The fraction of sp³-hybridized carbons (Fsp3) is 0.615. The van der Waals surface area contributed by atoms with E-state index in [1.807, 2.05) is 13.8 Å². The van der Waals surface area contributed by atoms with Crippen molar-refractivity contribution in [3.8, 4) is 0 Å². The number of hydrogen-bond donors (Lipinski definition) is 2. The zero-order valence-corrected chi connectivity index (χ0v) is 11.2. The molecular formula is C13H20N4O. The molecule has 1 amide bonds. The maximum absolute atomic E-state index is 12.0. The monoisotopic (exact) mass is 248 g/mol. The first-order chi connectivity index (χ1) is 8.41. The second kappa shape index (κ2) is 4.55. The van der Waals surface area contributed by atoms with Crippen LogP contribution in [-0.2, 0) is 0 Å². The van der Waals surface area contributed by atoms with Crippen LogP contribution in [-0.4, -0.2) is 22.4 Å². The van der Waals surface area contributed by atoms with Crippen LogP contribution in [0.1, 0.15) is 55.8 Å². The van der Waals surface area contributed by atoms with Crippen molar-refractivity contribution in [2.24, 2.45) is 5.41 Å². The van der Waals surface area contributed by atoms with Crippen molar-refractivity contribution >= 4 is 11.6 Å². The van der Waals surface area contributed by atoms with Crippen LogP contribution in [0, 0.1) is 5.41 Å². The molecule has 1 aliphatic rings. The maximum Gasteiger partial charge on any atom is 0.272 e. The molecule has 0 unspecified atom stereocenters. The molecule has 0 aliphatic heterocycles. The van der Waals surface area contributed by atoms with E-state index in [2.05, 4.69) is 22.2 Å². The van der Waals surface area contributed by atoms with E-state index in [1.54, 1.807) is 0 Å². The lowest BCUT2D eigenvalue weighted by Crippen LogP contribution is -2.30. The summed E-state index contributed by atoms with van der Waals surface area (Å²) in [5, 5.41) is 2.90. The Labute approximate surface area is 107 Å². The Balaban J connectivity index is 2.10. The number of aromatic nitrogens is 2. The van der Waals surface area contributed by atoms with Crippen molar-refractivity contribution in [1.82, 2.24) is 15.3 Å². The zero-order chi connectivity index (χ0) is 13.3. The fourth-order valence-corrected chi connectivity index (χ4v) is 1.63. The van der Waals surface area contributed by atoms with Crippen molar-refractivity contribution in [1.29, 1.82) is 0 Å². The van der Waals surface area contributed by atoms with Gasteiger partial charge in [0.15, 0.2) is 5.69 Å². The zero-order valence-electron chi connectivity index (χ0n) is 11.2. The predicted molar refractivity (Wildman–Crippen MR) is 70.2 cm³/mol. The Morgan fingerprint density at radius 1 is 1.56 bits per heavy atom. The minimum atomic E-state index is -0.204. The van der Waals surface area contributed by atoms with E-state index < -0.39 is 0 Å². The van der Waals surface area contributed by atoms with Crippen LogP contribution in [0.15, 0.2) is 6.20 Å². The highest BCUT2D eigenvalue weighted by atomic mass is 16.1. The summed E-state index contributed by atoms with van der Waals surface area (Å²) in [4.78, 5) is 20.4. The van der Waals surface area contributed by atoms with Gasteiger partial charge in [0, 0.05) is 12.5 Å². The first-order valence-electron chi connectivity index (χ1n) is 6.32. The van der Waals surface area contributed by atoms with Crippen molar-refractivity contribution in [2.45, 2.75) is 39.5 Å². The minimum Gasteiger partial charge on any atom is -0.396 e. The Morgan fingerprint density at radius 3 is 2.78 bits per heavy atom. The molecule has 1 heterocycles. The van der Waals surface area contributed by atoms with Gasteiger partial charge in [-0.05, 0) is 18.3 Å². The van der Waals surface area contributed by atoms with Crippen LogP contribution in [0.4, 0.5) is 5.69 Å². The van der Waals surface area contributed by atoms with Crippen LogP contribution >= 0.6 is 0 Å².